The second-order valence-corrected chi connectivity index (χ2v) is 5.21. The van der Waals surface area contributed by atoms with E-state index in [9.17, 15) is 0 Å². The van der Waals surface area contributed by atoms with Gasteiger partial charge in [0.05, 0.1) is 5.71 Å². The number of allylic oxidation sites excluding steroid dienone is 4. The molecule has 1 heterocycles. The van der Waals surface area contributed by atoms with Crippen LogP contribution >= 0.6 is 0 Å². The molecule has 0 aliphatic rings. The van der Waals surface area contributed by atoms with Crippen LogP contribution in [0.1, 0.15) is 39.7 Å². The molecule has 1 aromatic rings. The van der Waals surface area contributed by atoms with Crippen molar-refractivity contribution in [3.63, 3.8) is 0 Å². The normalized spacial score (nSPS) is 10.9. The Morgan fingerprint density at radius 2 is 2.05 bits per heavy atom. The fraction of sp³-hybridized carbons (Fsp3) is 0.333. The van der Waals surface area contributed by atoms with E-state index in [1.165, 1.54) is 16.7 Å². The summed E-state index contributed by atoms with van der Waals surface area (Å²) in [5.74, 6) is 0. The van der Waals surface area contributed by atoms with E-state index in [4.69, 9.17) is 0 Å². The number of aliphatic imine (C=N–C) groups is 1. The summed E-state index contributed by atoms with van der Waals surface area (Å²) in [7, 11) is 0. The van der Waals surface area contributed by atoms with Gasteiger partial charge < -0.3 is 0 Å². The second-order valence-electron chi connectivity index (χ2n) is 5.21. The SMILES string of the molecule is C=CC(=NCCC(C=C(C)C)=C(C)C)c1cccnc1. The summed E-state index contributed by atoms with van der Waals surface area (Å²) in [5.41, 5.74) is 5.96. The number of rotatable bonds is 6. The van der Waals surface area contributed by atoms with Crippen molar-refractivity contribution in [1.82, 2.24) is 4.98 Å². The zero-order valence-corrected chi connectivity index (χ0v) is 13.0. The fourth-order valence-corrected chi connectivity index (χ4v) is 1.90. The van der Waals surface area contributed by atoms with Crippen molar-refractivity contribution in [3.05, 3.63) is 65.5 Å². The molecule has 0 saturated carbocycles. The van der Waals surface area contributed by atoms with E-state index in [-0.39, 0.29) is 0 Å². The molecule has 20 heavy (non-hydrogen) atoms. The van der Waals surface area contributed by atoms with E-state index in [2.05, 4.69) is 50.3 Å². The Morgan fingerprint density at radius 3 is 2.55 bits per heavy atom. The third-order valence-electron chi connectivity index (χ3n) is 2.92. The van der Waals surface area contributed by atoms with Crippen LogP contribution in [0.3, 0.4) is 0 Å². The van der Waals surface area contributed by atoms with Crippen LogP contribution in [0.5, 0.6) is 0 Å². The van der Waals surface area contributed by atoms with Gasteiger partial charge in [-0.1, -0.05) is 23.8 Å². The van der Waals surface area contributed by atoms with E-state index in [1.807, 2.05) is 18.3 Å². The van der Waals surface area contributed by atoms with Gasteiger partial charge in [-0.2, -0.15) is 0 Å². The molecule has 0 saturated heterocycles. The molecule has 0 amide bonds. The van der Waals surface area contributed by atoms with Gasteiger partial charge in [0.1, 0.15) is 0 Å². The number of hydrogen-bond donors (Lipinski definition) is 0. The summed E-state index contributed by atoms with van der Waals surface area (Å²) in [6.45, 7) is 13.1. The first-order valence-corrected chi connectivity index (χ1v) is 6.93. The lowest BCUT2D eigenvalue weighted by Gasteiger charge is -2.06. The molecule has 0 atom stereocenters. The van der Waals surface area contributed by atoms with E-state index in [1.54, 1.807) is 12.3 Å². The Morgan fingerprint density at radius 1 is 1.30 bits per heavy atom. The predicted octanol–water partition coefficient (Wildman–Crippen LogP) is 4.75. The van der Waals surface area contributed by atoms with Crippen LogP contribution in [-0.4, -0.2) is 17.2 Å². The van der Waals surface area contributed by atoms with Crippen LogP contribution in [0.2, 0.25) is 0 Å². The first-order valence-electron chi connectivity index (χ1n) is 6.93. The van der Waals surface area contributed by atoms with E-state index in [0.29, 0.717) is 0 Å². The van der Waals surface area contributed by atoms with Crippen molar-refractivity contribution >= 4 is 5.71 Å². The average Bonchev–Trinajstić information content (AvgIpc) is 2.42. The Labute approximate surface area is 122 Å². The molecule has 0 aliphatic carbocycles. The van der Waals surface area contributed by atoms with Gasteiger partial charge >= 0.3 is 0 Å². The monoisotopic (exact) mass is 268 g/mol. The zero-order valence-electron chi connectivity index (χ0n) is 13.0. The maximum absolute atomic E-state index is 4.64. The fourth-order valence-electron chi connectivity index (χ4n) is 1.90. The number of aromatic nitrogens is 1. The average molecular weight is 268 g/mol. The lowest BCUT2D eigenvalue weighted by atomic mass is 10.0. The third-order valence-corrected chi connectivity index (χ3v) is 2.92. The number of hydrogen-bond acceptors (Lipinski definition) is 2. The second kappa shape index (κ2) is 8.26. The maximum atomic E-state index is 4.64. The molecule has 0 spiro atoms. The minimum absolute atomic E-state index is 0.764. The predicted molar refractivity (Wildman–Crippen MR) is 88.3 cm³/mol. The Balaban J connectivity index is 2.79. The van der Waals surface area contributed by atoms with Gasteiger partial charge in [-0.25, -0.2) is 0 Å². The quantitative estimate of drug-likeness (QED) is 0.540. The van der Waals surface area contributed by atoms with Crippen molar-refractivity contribution in [1.29, 1.82) is 0 Å². The van der Waals surface area contributed by atoms with E-state index in [0.717, 1.165) is 24.2 Å². The highest BCUT2D eigenvalue weighted by Gasteiger charge is 2.00. The molecule has 2 heteroatoms. The van der Waals surface area contributed by atoms with Crippen molar-refractivity contribution < 1.29 is 0 Å². The number of nitrogens with zero attached hydrogens (tertiary/aromatic N) is 2. The first kappa shape index (κ1) is 16.1. The van der Waals surface area contributed by atoms with E-state index >= 15 is 0 Å². The molecule has 0 aromatic carbocycles. The summed E-state index contributed by atoms with van der Waals surface area (Å²) in [4.78, 5) is 8.75. The summed E-state index contributed by atoms with van der Waals surface area (Å²) in [5, 5.41) is 0. The summed E-state index contributed by atoms with van der Waals surface area (Å²) in [6.07, 6.45) is 8.56. The summed E-state index contributed by atoms with van der Waals surface area (Å²) >= 11 is 0. The highest BCUT2D eigenvalue weighted by Crippen LogP contribution is 2.13. The lowest BCUT2D eigenvalue weighted by molar-refractivity contribution is 0.954. The van der Waals surface area contributed by atoms with Gasteiger partial charge in [-0.05, 0) is 57.9 Å². The molecule has 0 N–H and O–H groups in total. The van der Waals surface area contributed by atoms with Gasteiger partial charge in [0.2, 0.25) is 0 Å². The van der Waals surface area contributed by atoms with Crippen LogP contribution in [0.25, 0.3) is 0 Å². The van der Waals surface area contributed by atoms with Gasteiger partial charge in [-0.3, -0.25) is 9.98 Å². The van der Waals surface area contributed by atoms with Crippen molar-refractivity contribution in [2.24, 2.45) is 4.99 Å². The Bertz CT molecular complexity index is 526. The molecular weight excluding hydrogens is 244 g/mol. The van der Waals surface area contributed by atoms with Crippen LogP contribution in [0.4, 0.5) is 0 Å². The highest BCUT2D eigenvalue weighted by molar-refractivity contribution is 6.08. The molecule has 2 nitrogen and oxygen atoms in total. The summed E-state index contributed by atoms with van der Waals surface area (Å²) in [6, 6.07) is 3.92. The van der Waals surface area contributed by atoms with Crippen molar-refractivity contribution in [2.75, 3.05) is 6.54 Å². The molecule has 1 rings (SSSR count). The molecule has 0 aliphatic heterocycles. The molecule has 0 fully saturated rings. The van der Waals surface area contributed by atoms with Gasteiger partial charge in [0, 0.05) is 24.5 Å². The van der Waals surface area contributed by atoms with E-state index < -0.39 is 0 Å². The topological polar surface area (TPSA) is 25.2 Å². The first-order chi connectivity index (χ1) is 9.54. The molecule has 106 valence electrons. The molecular formula is C18H24N2. The van der Waals surface area contributed by atoms with Crippen LogP contribution in [0.15, 0.2) is 65.0 Å². The third kappa shape index (κ3) is 5.35. The molecule has 0 unspecified atom stereocenters. The minimum atomic E-state index is 0.764. The van der Waals surface area contributed by atoms with Crippen molar-refractivity contribution in [2.45, 2.75) is 34.1 Å². The Kier molecular flexibility index (Phi) is 6.65. The van der Waals surface area contributed by atoms with Gasteiger partial charge in [0.25, 0.3) is 0 Å². The maximum Gasteiger partial charge on any atom is 0.0656 e. The lowest BCUT2D eigenvalue weighted by Crippen LogP contribution is -1.99. The van der Waals surface area contributed by atoms with Gasteiger partial charge in [-0.15, -0.1) is 0 Å². The highest BCUT2D eigenvalue weighted by atomic mass is 14.7. The molecule has 1 aromatic heterocycles. The van der Waals surface area contributed by atoms with Crippen LogP contribution in [-0.2, 0) is 0 Å². The summed E-state index contributed by atoms with van der Waals surface area (Å²) < 4.78 is 0. The largest absolute Gasteiger partial charge is 0.284 e. The molecule has 0 radical (unpaired) electrons. The smallest absolute Gasteiger partial charge is 0.0656 e. The standard InChI is InChI=1S/C18H24N2/c1-6-18(17-8-7-10-19-13-17)20-11-9-16(15(4)5)12-14(2)3/h6-8,10,12-13H,1,9,11H2,2-5H3. The van der Waals surface area contributed by atoms with Crippen LogP contribution in [0, 0.1) is 0 Å². The zero-order chi connectivity index (χ0) is 15.0. The van der Waals surface area contributed by atoms with Crippen molar-refractivity contribution in [3.8, 4) is 0 Å². The minimum Gasteiger partial charge on any atom is -0.284 e. The van der Waals surface area contributed by atoms with Gasteiger partial charge in [0.15, 0.2) is 0 Å². The van der Waals surface area contributed by atoms with Crippen LogP contribution < -0.4 is 0 Å². The molecule has 0 bridgehead atoms. The number of pyridine rings is 1. The Hall–Kier alpha value is -1.96.